The fraction of sp³-hybridized carbons (Fsp3) is 0.625. The SMILES string of the molecule is C1CO1.CC(C)(C)CC(C)(C)Oc1ccccc1. The van der Waals surface area contributed by atoms with Crippen LogP contribution in [0.5, 0.6) is 5.75 Å². The van der Waals surface area contributed by atoms with E-state index in [9.17, 15) is 0 Å². The molecule has 1 aromatic rings. The summed E-state index contributed by atoms with van der Waals surface area (Å²) in [6.07, 6.45) is 1.04. The minimum absolute atomic E-state index is 0.112. The summed E-state index contributed by atoms with van der Waals surface area (Å²) in [5.41, 5.74) is 0.178. The predicted octanol–water partition coefficient (Wildman–Crippen LogP) is 4.30. The molecule has 1 aromatic carbocycles. The monoisotopic (exact) mass is 250 g/mol. The Morgan fingerprint density at radius 2 is 1.50 bits per heavy atom. The molecule has 1 aliphatic heterocycles. The first-order chi connectivity index (χ1) is 8.29. The van der Waals surface area contributed by atoms with Crippen LogP contribution in [0.3, 0.4) is 0 Å². The van der Waals surface area contributed by atoms with Crippen LogP contribution in [0, 0.1) is 5.41 Å². The van der Waals surface area contributed by atoms with Crippen molar-refractivity contribution in [1.29, 1.82) is 0 Å². The first-order valence-electron chi connectivity index (χ1n) is 6.60. The van der Waals surface area contributed by atoms with Gasteiger partial charge in [0.2, 0.25) is 0 Å². The molecule has 0 spiro atoms. The van der Waals surface area contributed by atoms with Gasteiger partial charge in [0.05, 0.1) is 13.2 Å². The molecule has 0 aliphatic carbocycles. The summed E-state index contributed by atoms with van der Waals surface area (Å²) < 4.78 is 10.5. The maximum Gasteiger partial charge on any atom is 0.120 e. The molecule has 102 valence electrons. The number of epoxide rings is 1. The van der Waals surface area contributed by atoms with Crippen molar-refractivity contribution >= 4 is 0 Å². The van der Waals surface area contributed by atoms with Crippen molar-refractivity contribution in [2.45, 2.75) is 46.6 Å². The van der Waals surface area contributed by atoms with E-state index in [-0.39, 0.29) is 11.0 Å². The van der Waals surface area contributed by atoms with Gasteiger partial charge in [0.25, 0.3) is 0 Å². The maximum absolute atomic E-state index is 5.98. The van der Waals surface area contributed by atoms with Crippen LogP contribution in [0.2, 0.25) is 0 Å². The Bertz CT molecular complexity index is 331. The van der Waals surface area contributed by atoms with E-state index in [1.807, 2.05) is 30.3 Å². The van der Waals surface area contributed by atoms with Gasteiger partial charge in [0.1, 0.15) is 11.4 Å². The predicted molar refractivity (Wildman–Crippen MR) is 76.0 cm³/mol. The lowest BCUT2D eigenvalue weighted by Gasteiger charge is -2.33. The van der Waals surface area contributed by atoms with E-state index in [1.54, 1.807) is 0 Å². The molecule has 0 N–H and O–H groups in total. The van der Waals surface area contributed by atoms with Crippen LogP contribution >= 0.6 is 0 Å². The summed E-state index contributed by atoms with van der Waals surface area (Å²) >= 11 is 0. The van der Waals surface area contributed by atoms with Crippen molar-refractivity contribution in [3.63, 3.8) is 0 Å². The molecule has 2 rings (SSSR count). The van der Waals surface area contributed by atoms with Crippen molar-refractivity contribution in [2.24, 2.45) is 5.41 Å². The molecular weight excluding hydrogens is 224 g/mol. The van der Waals surface area contributed by atoms with E-state index in [4.69, 9.17) is 4.74 Å². The van der Waals surface area contributed by atoms with Crippen molar-refractivity contribution in [1.82, 2.24) is 0 Å². The molecule has 1 saturated heterocycles. The molecule has 2 heteroatoms. The second-order valence-corrected chi connectivity index (χ2v) is 6.52. The van der Waals surface area contributed by atoms with Gasteiger partial charge in [-0.15, -0.1) is 0 Å². The highest BCUT2D eigenvalue weighted by atomic mass is 16.6. The molecule has 0 bridgehead atoms. The lowest BCUT2D eigenvalue weighted by atomic mass is 9.83. The molecule has 0 unspecified atom stereocenters. The normalized spacial score (nSPS) is 14.5. The fourth-order valence-electron chi connectivity index (χ4n) is 2.12. The zero-order valence-electron chi connectivity index (χ0n) is 12.3. The van der Waals surface area contributed by atoms with Gasteiger partial charge < -0.3 is 9.47 Å². The third-order valence-electron chi connectivity index (χ3n) is 2.30. The van der Waals surface area contributed by atoms with Crippen molar-refractivity contribution in [3.8, 4) is 5.75 Å². The molecule has 2 nitrogen and oxygen atoms in total. The number of ether oxygens (including phenoxy) is 2. The summed E-state index contributed by atoms with van der Waals surface area (Å²) in [5.74, 6) is 0.951. The Morgan fingerprint density at radius 1 is 1.00 bits per heavy atom. The zero-order chi connectivity index (χ0) is 13.6. The highest BCUT2D eigenvalue weighted by Gasteiger charge is 2.26. The smallest absolute Gasteiger partial charge is 0.120 e. The van der Waals surface area contributed by atoms with Gasteiger partial charge in [-0.05, 0) is 37.8 Å². The number of hydrogen-bond acceptors (Lipinski definition) is 2. The molecule has 1 fully saturated rings. The standard InChI is InChI=1S/C14H22O.C2H4O/c1-13(2,3)11-14(4,5)15-12-9-7-6-8-10-12;1-2-3-1/h6-10H,11H2,1-5H3;1-2H2. The largest absolute Gasteiger partial charge is 0.488 e. The average Bonchev–Trinajstić information content (AvgIpc) is 3.00. The van der Waals surface area contributed by atoms with E-state index < -0.39 is 0 Å². The number of benzene rings is 1. The summed E-state index contributed by atoms with van der Waals surface area (Å²) in [6, 6.07) is 10.0. The lowest BCUT2D eigenvalue weighted by Crippen LogP contribution is -2.33. The first kappa shape index (κ1) is 15.0. The van der Waals surface area contributed by atoms with Gasteiger partial charge in [-0.3, -0.25) is 0 Å². The number of rotatable bonds is 3. The van der Waals surface area contributed by atoms with Gasteiger partial charge in [-0.1, -0.05) is 39.0 Å². The summed E-state index contributed by atoms with van der Waals surface area (Å²) in [7, 11) is 0. The van der Waals surface area contributed by atoms with Crippen LogP contribution in [0.1, 0.15) is 41.0 Å². The Hall–Kier alpha value is -1.02. The number of hydrogen-bond donors (Lipinski definition) is 0. The van der Waals surface area contributed by atoms with Crippen LogP contribution in [0.15, 0.2) is 30.3 Å². The minimum atomic E-state index is -0.112. The average molecular weight is 250 g/mol. The van der Waals surface area contributed by atoms with Gasteiger partial charge in [0.15, 0.2) is 0 Å². The third-order valence-corrected chi connectivity index (χ3v) is 2.30. The summed E-state index contributed by atoms with van der Waals surface area (Å²) in [6.45, 7) is 13.0. The Morgan fingerprint density at radius 3 is 1.89 bits per heavy atom. The highest BCUT2D eigenvalue weighted by Crippen LogP contribution is 2.30. The molecule has 0 aromatic heterocycles. The highest BCUT2D eigenvalue weighted by molar-refractivity contribution is 5.21. The minimum Gasteiger partial charge on any atom is -0.488 e. The molecule has 18 heavy (non-hydrogen) atoms. The second-order valence-electron chi connectivity index (χ2n) is 6.52. The van der Waals surface area contributed by atoms with E-state index >= 15 is 0 Å². The molecule has 1 aliphatic rings. The lowest BCUT2D eigenvalue weighted by molar-refractivity contribution is 0.0622. The first-order valence-corrected chi connectivity index (χ1v) is 6.60. The molecule has 0 atom stereocenters. The Kier molecular flexibility index (Phi) is 5.21. The number of para-hydroxylation sites is 1. The fourth-order valence-corrected chi connectivity index (χ4v) is 2.12. The molecular formula is C16H26O2. The van der Waals surface area contributed by atoms with Crippen LogP contribution in [-0.2, 0) is 4.74 Å². The van der Waals surface area contributed by atoms with E-state index in [0.29, 0.717) is 0 Å². The van der Waals surface area contributed by atoms with Crippen LogP contribution in [-0.4, -0.2) is 18.8 Å². The second kappa shape index (κ2) is 6.24. The van der Waals surface area contributed by atoms with E-state index in [1.165, 1.54) is 0 Å². The van der Waals surface area contributed by atoms with Crippen molar-refractivity contribution < 1.29 is 9.47 Å². The Labute approximate surface area is 111 Å². The maximum atomic E-state index is 5.98. The Balaban J connectivity index is 0.000000468. The van der Waals surface area contributed by atoms with Crippen LogP contribution in [0.25, 0.3) is 0 Å². The third kappa shape index (κ3) is 8.13. The van der Waals surface area contributed by atoms with Crippen LogP contribution in [0.4, 0.5) is 0 Å². The quantitative estimate of drug-likeness (QED) is 0.746. The van der Waals surface area contributed by atoms with Gasteiger partial charge in [0, 0.05) is 0 Å². The molecule has 0 saturated carbocycles. The molecule has 0 amide bonds. The van der Waals surface area contributed by atoms with Crippen molar-refractivity contribution in [3.05, 3.63) is 30.3 Å². The van der Waals surface area contributed by atoms with Crippen molar-refractivity contribution in [2.75, 3.05) is 13.2 Å². The van der Waals surface area contributed by atoms with Gasteiger partial charge in [-0.25, -0.2) is 0 Å². The summed E-state index contributed by atoms with van der Waals surface area (Å²) in [5, 5.41) is 0. The molecule has 0 radical (unpaired) electrons. The topological polar surface area (TPSA) is 21.8 Å². The van der Waals surface area contributed by atoms with Crippen LogP contribution < -0.4 is 4.74 Å². The van der Waals surface area contributed by atoms with Gasteiger partial charge in [-0.2, -0.15) is 0 Å². The summed E-state index contributed by atoms with van der Waals surface area (Å²) in [4.78, 5) is 0. The zero-order valence-corrected chi connectivity index (χ0v) is 12.3. The van der Waals surface area contributed by atoms with E-state index in [0.717, 1.165) is 25.4 Å². The van der Waals surface area contributed by atoms with Gasteiger partial charge >= 0.3 is 0 Å². The van der Waals surface area contributed by atoms with E-state index in [2.05, 4.69) is 39.4 Å². The molecule has 1 heterocycles.